The van der Waals surface area contributed by atoms with E-state index in [1.807, 2.05) is 37.3 Å². The second kappa shape index (κ2) is 4.45. The van der Waals surface area contributed by atoms with Crippen LogP contribution in [-0.4, -0.2) is 10.9 Å². The Morgan fingerprint density at radius 3 is 2.69 bits per heavy atom. The summed E-state index contributed by atoms with van der Waals surface area (Å²) < 4.78 is 0. The zero-order valence-electron chi connectivity index (χ0n) is 8.93. The van der Waals surface area contributed by atoms with Crippen LogP contribution in [0.4, 0.5) is 0 Å². The van der Waals surface area contributed by atoms with Gasteiger partial charge in [-0.25, -0.2) is 4.98 Å². The summed E-state index contributed by atoms with van der Waals surface area (Å²) in [7, 11) is 0. The molecule has 1 heterocycles. The van der Waals surface area contributed by atoms with Gasteiger partial charge in [-0.05, 0) is 12.5 Å². The van der Waals surface area contributed by atoms with Gasteiger partial charge in [0.15, 0.2) is 0 Å². The van der Waals surface area contributed by atoms with Crippen LogP contribution in [0.2, 0.25) is 0 Å². The highest BCUT2D eigenvalue weighted by atomic mass is 32.1. The highest BCUT2D eigenvalue weighted by Crippen LogP contribution is 2.29. The van der Waals surface area contributed by atoms with Crippen LogP contribution in [0.3, 0.4) is 0 Å². The summed E-state index contributed by atoms with van der Waals surface area (Å²) in [5.74, 6) is -0.339. The van der Waals surface area contributed by atoms with Crippen molar-refractivity contribution in [1.29, 1.82) is 0 Å². The molecule has 0 saturated heterocycles. The van der Waals surface area contributed by atoms with Crippen molar-refractivity contribution in [2.45, 2.75) is 13.3 Å². The third-order valence-electron chi connectivity index (χ3n) is 2.20. The minimum absolute atomic E-state index is 0.221. The van der Waals surface area contributed by atoms with E-state index in [-0.39, 0.29) is 12.3 Å². The average Bonchev–Trinajstić information content (AvgIpc) is 2.60. The first-order valence-electron chi connectivity index (χ1n) is 4.97. The predicted molar refractivity (Wildman–Crippen MR) is 65.2 cm³/mol. The molecule has 0 spiro atoms. The Hall–Kier alpha value is -1.68. The number of hydrogen-bond donors (Lipinski definition) is 1. The van der Waals surface area contributed by atoms with Crippen LogP contribution in [-0.2, 0) is 11.2 Å². The molecule has 3 nitrogen and oxygen atoms in total. The van der Waals surface area contributed by atoms with Gasteiger partial charge in [-0.1, -0.05) is 30.3 Å². The van der Waals surface area contributed by atoms with Crippen molar-refractivity contribution in [3.05, 3.63) is 41.0 Å². The van der Waals surface area contributed by atoms with Crippen molar-refractivity contribution in [3.63, 3.8) is 0 Å². The van der Waals surface area contributed by atoms with E-state index in [0.717, 1.165) is 21.1 Å². The van der Waals surface area contributed by atoms with Gasteiger partial charge in [-0.2, -0.15) is 0 Å². The number of nitrogens with two attached hydrogens (primary N) is 1. The second-order valence-corrected chi connectivity index (χ2v) is 4.61. The summed E-state index contributed by atoms with van der Waals surface area (Å²) in [5.41, 5.74) is 7.23. The molecule has 0 aliphatic heterocycles. The number of carbonyl (C=O) groups is 1. The average molecular weight is 232 g/mol. The van der Waals surface area contributed by atoms with Crippen LogP contribution in [0.25, 0.3) is 10.4 Å². The van der Waals surface area contributed by atoms with Gasteiger partial charge in [0.1, 0.15) is 5.01 Å². The van der Waals surface area contributed by atoms with E-state index in [1.54, 1.807) is 0 Å². The summed E-state index contributed by atoms with van der Waals surface area (Å²) in [6.07, 6.45) is 0.221. The number of aryl methyl sites for hydroxylation is 1. The lowest BCUT2D eigenvalue weighted by atomic mass is 10.2. The van der Waals surface area contributed by atoms with Crippen molar-refractivity contribution in [2.24, 2.45) is 5.73 Å². The van der Waals surface area contributed by atoms with Crippen molar-refractivity contribution in [3.8, 4) is 10.4 Å². The second-order valence-electron chi connectivity index (χ2n) is 3.53. The van der Waals surface area contributed by atoms with Gasteiger partial charge < -0.3 is 5.73 Å². The van der Waals surface area contributed by atoms with E-state index in [1.165, 1.54) is 11.3 Å². The first kappa shape index (κ1) is 10.8. The molecule has 0 aliphatic carbocycles. The molecule has 2 rings (SSSR count). The van der Waals surface area contributed by atoms with Crippen molar-refractivity contribution in [2.75, 3.05) is 0 Å². The SMILES string of the molecule is Cc1nc(CC(N)=O)sc1-c1ccccc1. The zero-order valence-corrected chi connectivity index (χ0v) is 9.75. The Balaban J connectivity index is 2.36. The molecule has 2 N–H and O–H groups in total. The number of carbonyl (C=O) groups excluding carboxylic acids is 1. The van der Waals surface area contributed by atoms with Crippen LogP contribution >= 0.6 is 11.3 Å². The summed E-state index contributed by atoms with van der Waals surface area (Å²) in [4.78, 5) is 16.3. The van der Waals surface area contributed by atoms with E-state index in [4.69, 9.17) is 5.73 Å². The normalized spacial score (nSPS) is 10.3. The molecule has 4 heteroatoms. The fourth-order valence-electron chi connectivity index (χ4n) is 1.53. The summed E-state index contributed by atoms with van der Waals surface area (Å²) in [5, 5.41) is 0.781. The third-order valence-corrected chi connectivity index (χ3v) is 3.41. The molecule has 0 bridgehead atoms. The van der Waals surface area contributed by atoms with E-state index in [9.17, 15) is 4.79 Å². The maximum Gasteiger partial charge on any atom is 0.224 e. The van der Waals surface area contributed by atoms with E-state index in [2.05, 4.69) is 4.98 Å². The van der Waals surface area contributed by atoms with E-state index >= 15 is 0 Å². The minimum atomic E-state index is -0.339. The quantitative estimate of drug-likeness (QED) is 0.881. The molecule has 1 aromatic carbocycles. The van der Waals surface area contributed by atoms with Gasteiger partial charge in [0.05, 0.1) is 17.0 Å². The van der Waals surface area contributed by atoms with Crippen LogP contribution in [0.15, 0.2) is 30.3 Å². The maximum atomic E-state index is 10.8. The molecule has 0 radical (unpaired) electrons. The number of hydrogen-bond acceptors (Lipinski definition) is 3. The summed E-state index contributed by atoms with van der Waals surface area (Å²) in [6.45, 7) is 1.95. The lowest BCUT2D eigenvalue weighted by molar-refractivity contribution is -0.117. The maximum absolute atomic E-state index is 10.8. The summed E-state index contributed by atoms with van der Waals surface area (Å²) in [6, 6.07) is 10.0. The molecule has 0 saturated carbocycles. The fraction of sp³-hybridized carbons (Fsp3) is 0.167. The molecular weight excluding hydrogens is 220 g/mol. The molecule has 1 amide bonds. The van der Waals surface area contributed by atoms with Gasteiger partial charge in [0.2, 0.25) is 5.91 Å². The molecule has 0 unspecified atom stereocenters. The number of primary amides is 1. The molecule has 2 aromatic rings. The number of thiazole rings is 1. The van der Waals surface area contributed by atoms with Gasteiger partial charge in [-0.15, -0.1) is 11.3 Å². The van der Waals surface area contributed by atoms with Gasteiger partial charge in [0, 0.05) is 0 Å². The monoisotopic (exact) mass is 232 g/mol. The summed E-state index contributed by atoms with van der Waals surface area (Å²) >= 11 is 1.53. The van der Waals surface area contributed by atoms with E-state index < -0.39 is 0 Å². The van der Waals surface area contributed by atoms with Crippen molar-refractivity contribution >= 4 is 17.2 Å². The highest BCUT2D eigenvalue weighted by Gasteiger charge is 2.10. The molecule has 1 aromatic heterocycles. The third kappa shape index (κ3) is 2.28. The Kier molecular flexibility index (Phi) is 3.01. The smallest absolute Gasteiger partial charge is 0.224 e. The first-order chi connectivity index (χ1) is 7.66. The Bertz CT molecular complexity index is 505. The van der Waals surface area contributed by atoms with Crippen LogP contribution in [0, 0.1) is 6.92 Å². The molecule has 82 valence electrons. The number of aromatic nitrogens is 1. The molecule has 16 heavy (non-hydrogen) atoms. The molecule has 0 atom stereocenters. The molecule has 0 aliphatic rings. The molecule has 0 fully saturated rings. The van der Waals surface area contributed by atoms with Gasteiger partial charge in [0.25, 0.3) is 0 Å². The highest BCUT2D eigenvalue weighted by molar-refractivity contribution is 7.15. The standard InChI is InChI=1S/C12H12N2OS/c1-8-12(9-5-3-2-4-6-9)16-11(14-8)7-10(13)15/h2-6H,7H2,1H3,(H2,13,15). The van der Waals surface area contributed by atoms with Crippen LogP contribution in [0.5, 0.6) is 0 Å². The number of benzene rings is 1. The minimum Gasteiger partial charge on any atom is -0.369 e. The zero-order chi connectivity index (χ0) is 11.5. The predicted octanol–water partition coefficient (Wildman–Crippen LogP) is 2.15. The van der Waals surface area contributed by atoms with Gasteiger partial charge >= 0.3 is 0 Å². The number of amides is 1. The van der Waals surface area contributed by atoms with Crippen molar-refractivity contribution < 1.29 is 4.79 Å². The fourth-order valence-corrected chi connectivity index (χ4v) is 2.61. The molecular formula is C12H12N2OS. The topological polar surface area (TPSA) is 56.0 Å². The Morgan fingerprint density at radius 1 is 1.38 bits per heavy atom. The Labute approximate surface area is 97.9 Å². The lowest BCUT2D eigenvalue weighted by Crippen LogP contribution is -2.13. The number of nitrogens with zero attached hydrogens (tertiary/aromatic N) is 1. The Morgan fingerprint density at radius 2 is 2.06 bits per heavy atom. The lowest BCUT2D eigenvalue weighted by Gasteiger charge is -1.96. The first-order valence-corrected chi connectivity index (χ1v) is 5.78. The van der Waals surface area contributed by atoms with Gasteiger partial charge in [-0.3, -0.25) is 4.79 Å². The van der Waals surface area contributed by atoms with Crippen molar-refractivity contribution in [1.82, 2.24) is 4.98 Å². The number of rotatable bonds is 3. The van der Waals surface area contributed by atoms with Crippen LogP contribution in [0.1, 0.15) is 10.7 Å². The largest absolute Gasteiger partial charge is 0.369 e. The van der Waals surface area contributed by atoms with E-state index in [0.29, 0.717) is 0 Å². The van der Waals surface area contributed by atoms with Crippen LogP contribution < -0.4 is 5.73 Å².